The molecule has 0 aromatic carbocycles. The molecule has 5 nitrogen and oxygen atoms in total. The highest BCUT2D eigenvalue weighted by Crippen LogP contribution is 2.47. The second-order valence-corrected chi connectivity index (χ2v) is 3.94. The van der Waals surface area contributed by atoms with Gasteiger partial charge in [-0.05, 0) is 12.0 Å². The van der Waals surface area contributed by atoms with Crippen molar-refractivity contribution in [2.75, 3.05) is 13.2 Å². The van der Waals surface area contributed by atoms with Crippen molar-refractivity contribution in [2.24, 2.45) is 10.5 Å². The third kappa shape index (κ3) is 1.53. The third-order valence-corrected chi connectivity index (χ3v) is 2.78. The highest BCUT2D eigenvalue weighted by Gasteiger charge is 2.49. The molecule has 0 aromatic heterocycles. The fraction of sp³-hybridized carbons (Fsp3) is 0.875. The summed E-state index contributed by atoms with van der Waals surface area (Å²) in [5, 5.41) is 3.47. The molecule has 1 saturated heterocycles. The second kappa shape index (κ2) is 3.01. The van der Waals surface area contributed by atoms with Crippen LogP contribution in [0.1, 0.15) is 19.3 Å². The molecule has 1 atom stereocenters. The van der Waals surface area contributed by atoms with Crippen LogP contribution in [0.25, 0.3) is 10.4 Å². The van der Waals surface area contributed by atoms with E-state index in [4.69, 9.17) is 10.3 Å². The van der Waals surface area contributed by atoms with E-state index < -0.39 is 0 Å². The van der Waals surface area contributed by atoms with Gasteiger partial charge in [0, 0.05) is 23.2 Å². The number of azide groups is 1. The maximum absolute atomic E-state index is 10.8. The van der Waals surface area contributed by atoms with E-state index in [1.165, 1.54) is 0 Å². The summed E-state index contributed by atoms with van der Waals surface area (Å²) in [6, 6.07) is 0. The van der Waals surface area contributed by atoms with Gasteiger partial charge in [-0.1, -0.05) is 5.11 Å². The van der Waals surface area contributed by atoms with Crippen molar-refractivity contribution in [3.63, 3.8) is 0 Å². The molecule has 0 bridgehead atoms. The SMILES string of the molecule is [N-]=[N+]=NC[C@@H]1CC2(CO1)CC(=O)C2. The first kappa shape index (κ1) is 8.53. The third-order valence-electron chi connectivity index (χ3n) is 2.78. The van der Waals surface area contributed by atoms with Crippen molar-refractivity contribution in [3.8, 4) is 0 Å². The number of hydrogen-bond donors (Lipinski definition) is 0. The Morgan fingerprint density at radius 3 is 3.08 bits per heavy atom. The Labute approximate surface area is 75.7 Å². The molecule has 1 aliphatic carbocycles. The number of nitrogens with zero attached hydrogens (tertiary/aromatic N) is 3. The normalized spacial score (nSPS) is 29.8. The number of carbonyl (C=O) groups is 1. The van der Waals surface area contributed by atoms with Crippen LogP contribution in [0.2, 0.25) is 0 Å². The molecule has 0 aromatic rings. The molecule has 13 heavy (non-hydrogen) atoms. The molecule has 1 heterocycles. The lowest BCUT2D eigenvalue weighted by atomic mass is 9.67. The maximum atomic E-state index is 10.8. The molecule has 2 fully saturated rings. The number of ketones is 1. The monoisotopic (exact) mass is 181 g/mol. The van der Waals surface area contributed by atoms with Crippen LogP contribution in [0.15, 0.2) is 5.11 Å². The average Bonchev–Trinajstić information content (AvgIpc) is 2.45. The van der Waals surface area contributed by atoms with Gasteiger partial charge in [-0.25, -0.2) is 0 Å². The van der Waals surface area contributed by atoms with Gasteiger partial charge >= 0.3 is 0 Å². The number of Topliss-reactive ketones (excluding diaryl/α,β-unsaturated/α-hetero) is 1. The van der Waals surface area contributed by atoms with E-state index in [1.54, 1.807) is 0 Å². The van der Waals surface area contributed by atoms with Gasteiger partial charge in [0.2, 0.25) is 0 Å². The summed E-state index contributed by atoms with van der Waals surface area (Å²) >= 11 is 0. The Morgan fingerprint density at radius 2 is 2.46 bits per heavy atom. The highest BCUT2D eigenvalue weighted by atomic mass is 16.5. The highest BCUT2D eigenvalue weighted by molar-refractivity contribution is 5.86. The van der Waals surface area contributed by atoms with Crippen molar-refractivity contribution in [3.05, 3.63) is 10.4 Å². The zero-order valence-corrected chi connectivity index (χ0v) is 7.27. The molecule has 0 N–H and O–H groups in total. The molecule has 0 unspecified atom stereocenters. The van der Waals surface area contributed by atoms with Crippen LogP contribution in [0.3, 0.4) is 0 Å². The summed E-state index contributed by atoms with van der Waals surface area (Å²) in [4.78, 5) is 13.5. The molecule has 1 spiro atoms. The Kier molecular flexibility index (Phi) is 1.98. The lowest BCUT2D eigenvalue weighted by molar-refractivity contribution is -0.132. The number of ether oxygens (including phenoxy) is 1. The van der Waals surface area contributed by atoms with Crippen LogP contribution >= 0.6 is 0 Å². The summed E-state index contributed by atoms with van der Waals surface area (Å²) in [5.74, 6) is 0.327. The Hall–Kier alpha value is -1.06. The summed E-state index contributed by atoms with van der Waals surface area (Å²) < 4.78 is 5.44. The van der Waals surface area contributed by atoms with Gasteiger partial charge in [-0.2, -0.15) is 0 Å². The van der Waals surface area contributed by atoms with Crippen molar-refractivity contribution < 1.29 is 9.53 Å². The standard InChI is InChI=1S/C8H11N3O2/c9-11-10-4-7-3-8(5-13-7)1-6(12)2-8/h7H,1-5H2/t7-/m0/s1. The fourth-order valence-electron chi connectivity index (χ4n) is 2.17. The van der Waals surface area contributed by atoms with Crippen LogP contribution < -0.4 is 0 Å². The maximum Gasteiger partial charge on any atom is 0.134 e. The van der Waals surface area contributed by atoms with Gasteiger partial charge in [0.25, 0.3) is 0 Å². The van der Waals surface area contributed by atoms with E-state index in [0.29, 0.717) is 31.8 Å². The molecule has 1 saturated carbocycles. The van der Waals surface area contributed by atoms with Crippen LogP contribution in [0.5, 0.6) is 0 Å². The second-order valence-electron chi connectivity index (χ2n) is 3.94. The van der Waals surface area contributed by atoms with Gasteiger partial charge in [-0.3, -0.25) is 4.79 Å². The van der Waals surface area contributed by atoms with E-state index in [0.717, 1.165) is 6.42 Å². The quantitative estimate of drug-likeness (QED) is 0.367. The van der Waals surface area contributed by atoms with Gasteiger partial charge in [0.1, 0.15) is 5.78 Å². The first-order valence-corrected chi connectivity index (χ1v) is 4.38. The molecular weight excluding hydrogens is 170 g/mol. The van der Waals surface area contributed by atoms with Gasteiger partial charge in [0.05, 0.1) is 19.3 Å². The number of carbonyl (C=O) groups excluding carboxylic acids is 1. The average molecular weight is 181 g/mol. The van der Waals surface area contributed by atoms with Crippen molar-refractivity contribution >= 4 is 5.78 Å². The smallest absolute Gasteiger partial charge is 0.134 e. The minimum atomic E-state index is 0.0315. The molecule has 0 radical (unpaired) electrons. The van der Waals surface area contributed by atoms with Gasteiger partial charge < -0.3 is 4.74 Å². The Balaban J connectivity index is 1.87. The Morgan fingerprint density at radius 1 is 1.69 bits per heavy atom. The minimum absolute atomic E-state index is 0.0315. The van der Waals surface area contributed by atoms with Gasteiger partial charge in [0.15, 0.2) is 0 Å². The predicted molar refractivity (Wildman–Crippen MR) is 45.0 cm³/mol. The van der Waals surface area contributed by atoms with Crippen LogP contribution in [-0.2, 0) is 9.53 Å². The minimum Gasteiger partial charge on any atom is -0.377 e. The number of rotatable bonds is 2. The van der Waals surface area contributed by atoms with E-state index in [-0.39, 0.29) is 11.5 Å². The van der Waals surface area contributed by atoms with Crippen molar-refractivity contribution in [2.45, 2.75) is 25.4 Å². The molecule has 1 aliphatic heterocycles. The van der Waals surface area contributed by atoms with Crippen LogP contribution in [-0.4, -0.2) is 25.0 Å². The van der Waals surface area contributed by atoms with Crippen LogP contribution in [0.4, 0.5) is 0 Å². The summed E-state index contributed by atoms with van der Waals surface area (Å²) in [5.41, 5.74) is 8.22. The summed E-state index contributed by atoms with van der Waals surface area (Å²) in [6.07, 6.45) is 2.21. The van der Waals surface area contributed by atoms with E-state index in [9.17, 15) is 4.79 Å². The summed E-state index contributed by atoms with van der Waals surface area (Å²) in [7, 11) is 0. The van der Waals surface area contributed by atoms with Crippen molar-refractivity contribution in [1.82, 2.24) is 0 Å². The molecule has 5 heteroatoms. The predicted octanol–water partition coefficient (Wildman–Crippen LogP) is 1.43. The van der Waals surface area contributed by atoms with E-state index >= 15 is 0 Å². The van der Waals surface area contributed by atoms with Gasteiger partial charge in [-0.15, -0.1) is 0 Å². The van der Waals surface area contributed by atoms with Crippen molar-refractivity contribution in [1.29, 1.82) is 0 Å². The molecule has 70 valence electrons. The molecule has 2 aliphatic rings. The lowest BCUT2D eigenvalue weighted by Crippen LogP contribution is -2.38. The number of hydrogen-bond acceptors (Lipinski definition) is 3. The summed E-state index contributed by atoms with van der Waals surface area (Å²) in [6.45, 7) is 1.05. The van der Waals surface area contributed by atoms with E-state index in [1.807, 2.05) is 0 Å². The first-order valence-electron chi connectivity index (χ1n) is 4.38. The Bertz CT molecular complexity index is 275. The molecular formula is C8H11N3O2. The topological polar surface area (TPSA) is 75.1 Å². The lowest BCUT2D eigenvalue weighted by Gasteiger charge is -2.34. The first-order chi connectivity index (χ1) is 6.24. The fourth-order valence-corrected chi connectivity index (χ4v) is 2.17. The largest absolute Gasteiger partial charge is 0.377 e. The molecule has 0 amide bonds. The zero-order valence-electron chi connectivity index (χ0n) is 7.27. The van der Waals surface area contributed by atoms with E-state index in [2.05, 4.69) is 10.0 Å². The molecule has 2 rings (SSSR count). The van der Waals surface area contributed by atoms with Crippen LogP contribution in [0, 0.1) is 5.41 Å². The zero-order chi connectivity index (χ0) is 9.31.